The molecule has 0 aromatic heterocycles. The van der Waals surface area contributed by atoms with Crippen molar-refractivity contribution in [3.05, 3.63) is 0 Å². The van der Waals surface area contributed by atoms with E-state index in [1.165, 1.54) is 32.2 Å². The maximum absolute atomic E-state index is 3.53. The van der Waals surface area contributed by atoms with Crippen LogP contribution in [0.2, 0.25) is 0 Å². The zero-order valence-electron chi connectivity index (χ0n) is 8.61. The molecule has 0 amide bonds. The normalized spacial score (nSPS) is 24.8. The van der Waals surface area contributed by atoms with Crippen LogP contribution in [0.4, 0.5) is 0 Å². The van der Waals surface area contributed by atoms with Crippen molar-refractivity contribution in [3.63, 3.8) is 0 Å². The minimum atomic E-state index is 0.310. The van der Waals surface area contributed by atoms with Crippen molar-refractivity contribution >= 4 is 0 Å². The molecule has 1 unspecified atom stereocenters. The van der Waals surface area contributed by atoms with Crippen LogP contribution in [0.5, 0.6) is 0 Å². The summed E-state index contributed by atoms with van der Waals surface area (Å²) in [4.78, 5) is 0. The van der Waals surface area contributed by atoms with Crippen LogP contribution in [-0.4, -0.2) is 25.2 Å². The van der Waals surface area contributed by atoms with Crippen molar-refractivity contribution in [2.45, 2.75) is 51.1 Å². The third-order valence-electron chi connectivity index (χ3n) is 2.96. The van der Waals surface area contributed by atoms with Gasteiger partial charge >= 0.3 is 0 Å². The summed E-state index contributed by atoms with van der Waals surface area (Å²) in [5, 5.41) is 6.86. The van der Waals surface area contributed by atoms with Gasteiger partial charge < -0.3 is 10.6 Å². The molecule has 1 saturated heterocycles. The molecule has 0 saturated carbocycles. The number of hydrogen-bond acceptors (Lipinski definition) is 2. The first-order chi connectivity index (χ1) is 5.64. The molecule has 1 fully saturated rings. The molecule has 0 radical (unpaired) electrons. The van der Waals surface area contributed by atoms with Crippen LogP contribution in [0.15, 0.2) is 0 Å². The third kappa shape index (κ3) is 3.11. The summed E-state index contributed by atoms with van der Waals surface area (Å²) >= 11 is 0. The summed E-state index contributed by atoms with van der Waals surface area (Å²) in [6.45, 7) is 5.76. The van der Waals surface area contributed by atoms with Crippen molar-refractivity contribution in [3.8, 4) is 0 Å². The fraction of sp³-hybridized carbons (Fsp3) is 1.00. The average Bonchev–Trinajstić information content (AvgIpc) is 2.53. The Morgan fingerprint density at radius 2 is 2.25 bits per heavy atom. The first kappa shape index (κ1) is 10.0. The van der Waals surface area contributed by atoms with E-state index in [1.54, 1.807) is 0 Å². The lowest BCUT2D eigenvalue weighted by Crippen LogP contribution is -2.37. The molecule has 0 bridgehead atoms. The molecule has 1 aliphatic rings. The van der Waals surface area contributed by atoms with Crippen molar-refractivity contribution in [1.29, 1.82) is 0 Å². The van der Waals surface area contributed by atoms with E-state index < -0.39 is 0 Å². The van der Waals surface area contributed by atoms with Gasteiger partial charge in [0.25, 0.3) is 0 Å². The second-order valence-electron chi connectivity index (χ2n) is 4.47. The van der Waals surface area contributed by atoms with Crippen molar-refractivity contribution < 1.29 is 0 Å². The summed E-state index contributed by atoms with van der Waals surface area (Å²) in [6.07, 6.45) is 5.32. The molecule has 72 valence electrons. The van der Waals surface area contributed by atoms with E-state index >= 15 is 0 Å². The lowest BCUT2D eigenvalue weighted by Gasteiger charge is -2.25. The molecular weight excluding hydrogens is 148 g/mol. The first-order valence-electron chi connectivity index (χ1n) is 5.06. The predicted octanol–water partition coefficient (Wildman–Crippen LogP) is 1.52. The van der Waals surface area contributed by atoms with Crippen molar-refractivity contribution in [1.82, 2.24) is 10.6 Å². The lowest BCUT2D eigenvalue weighted by molar-refractivity contribution is 0.358. The molecule has 2 nitrogen and oxygen atoms in total. The zero-order valence-corrected chi connectivity index (χ0v) is 8.61. The Labute approximate surface area is 76.1 Å². The third-order valence-corrected chi connectivity index (χ3v) is 2.96. The number of nitrogens with one attached hydrogen (secondary N) is 2. The SMILES string of the molecule is CNC(C)(C)CCC1CCCN1. The molecule has 0 aromatic rings. The zero-order chi connectivity index (χ0) is 9.03. The van der Waals surface area contributed by atoms with Crippen molar-refractivity contribution in [2.24, 2.45) is 0 Å². The molecule has 2 heteroatoms. The van der Waals surface area contributed by atoms with Crippen LogP contribution >= 0.6 is 0 Å². The van der Waals surface area contributed by atoms with E-state index in [4.69, 9.17) is 0 Å². The largest absolute Gasteiger partial charge is 0.315 e. The van der Waals surface area contributed by atoms with Gasteiger partial charge in [0.15, 0.2) is 0 Å². The standard InChI is InChI=1S/C10H22N2/c1-10(2,11-3)7-6-9-5-4-8-12-9/h9,11-12H,4-8H2,1-3H3. The lowest BCUT2D eigenvalue weighted by atomic mass is 9.95. The quantitative estimate of drug-likeness (QED) is 0.668. The Kier molecular flexibility index (Phi) is 3.53. The Bertz CT molecular complexity index is 126. The Morgan fingerprint density at radius 3 is 2.75 bits per heavy atom. The van der Waals surface area contributed by atoms with Crippen LogP contribution in [0, 0.1) is 0 Å². The van der Waals surface area contributed by atoms with Gasteiger partial charge in [-0.15, -0.1) is 0 Å². The molecule has 0 aliphatic carbocycles. The van der Waals surface area contributed by atoms with Crippen LogP contribution in [0.25, 0.3) is 0 Å². The summed E-state index contributed by atoms with van der Waals surface area (Å²) < 4.78 is 0. The van der Waals surface area contributed by atoms with Crippen LogP contribution < -0.4 is 10.6 Å². The number of hydrogen-bond donors (Lipinski definition) is 2. The molecule has 12 heavy (non-hydrogen) atoms. The fourth-order valence-electron chi connectivity index (χ4n) is 1.66. The highest BCUT2D eigenvalue weighted by Crippen LogP contribution is 2.16. The molecule has 1 rings (SSSR count). The van der Waals surface area contributed by atoms with Crippen LogP contribution in [-0.2, 0) is 0 Å². The highest BCUT2D eigenvalue weighted by molar-refractivity contribution is 4.81. The van der Waals surface area contributed by atoms with E-state index in [-0.39, 0.29) is 0 Å². The Balaban J connectivity index is 2.15. The minimum Gasteiger partial charge on any atom is -0.315 e. The predicted molar refractivity (Wildman–Crippen MR) is 53.4 cm³/mol. The first-order valence-corrected chi connectivity index (χ1v) is 5.06. The van der Waals surface area contributed by atoms with Gasteiger partial charge in [0.2, 0.25) is 0 Å². The summed E-state index contributed by atoms with van der Waals surface area (Å²) in [5.41, 5.74) is 0.310. The average molecular weight is 170 g/mol. The number of rotatable bonds is 4. The van der Waals surface area contributed by atoms with Gasteiger partial charge in [-0.3, -0.25) is 0 Å². The highest BCUT2D eigenvalue weighted by atomic mass is 14.9. The van der Waals surface area contributed by atoms with Gasteiger partial charge in [-0.25, -0.2) is 0 Å². The van der Waals surface area contributed by atoms with Crippen LogP contribution in [0.1, 0.15) is 39.5 Å². The van der Waals surface area contributed by atoms with Gasteiger partial charge in [-0.05, 0) is 53.1 Å². The maximum atomic E-state index is 3.53. The summed E-state index contributed by atoms with van der Waals surface area (Å²) in [5.74, 6) is 0. The Morgan fingerprint density at radius 1 is 1.50 bits per heavy atom. The fourth-order valence-corrected chi connectivity index (χ4v) is 1.66. The second-order valence-corrected chi connectivity index (χ2v) is 4.47. The maximum Gasteiger partial charge on any atom is 0.0122 e. The molecular formula is C10H22N2. The highest BCUT2D eigenvalue weighted by Gasteiger charge is 2.19. The van der Waals surface area contributed by atoms with Crippen molar-refractivity contribution in [2.75, 3.05) is 13.6 Å². The minimum absolute atomic E-state index is 0.310. The Hall–Kier alpha value is -0.0800. The topological polar surface area (TPSA) is 24.1 Å². The van der Waals surface area contributed by atoms with E-state index in [9.17, 15) is 0 Å². The van der Waals surface area contributed by atoms with E-state index in [0.717, 1.165) is 6.04 Å². The van der Waals surface area contributed by atoms with Gasteiger partial charge in [0, 0.05) is 11.6 Å². The van der Waals surface area contributed by atoms with E-state index in [0.29, 0.717) is 5.54 Å². The molecule has 2 N–H and O–H groups in total. The summed E-state index contributed by atoms with van der Waals surface area (Å²) in [7, 11) is 2.04. The molecule has 1 atom stereocenters. The molecule has 0 aromatic carbocycles. The van der Waals surface area contributed by atoms with Gasteiger partial charge in [-0.1, -0.05) is 0 Å². The smallest absolute Gasteiger partial charge is 0.0122 e. The second kappa shape index (κ2) is 4.24. The monoisotopic (exact) mass is 170 g/mol. The summed E-state index contributed by atoms with van der Waals surface area (Å²) in [6, 6.07) is 0.789. The van der Waals surface area contributed by atoms with Crippen LogP contribution in [0.3, 0.4) is 0 Å². The van der Waals surface area contributed by atoms with E-state index in [2.05, 4.69) is 24.5 Å². The molecule has 1 heterocycles. The van der Waals surface area contributed by atoms with Gasteiger partial charge in [0.05, 0.1) is 0 Å². The van der Waals surface area contributed by atoms with Gasteiger partial charge in [-0.2, -0.15) is 0 Å². The van der Waals surface area contributed by atoms with Gasteiger partial charge in [0.1, 0.15) is 0 Å². The van der Waals surface area contributed by atoms with E-state index in [1.807, 2.05) is 7.05 Å². The molecule has 1 aliphatic heterocycles. The molecule has 0 spiro atoms.